The number of aryl methyl sites for hydroxylation is 1. The zero-order valence-corrected chi connectivity index (χ0v) is 14.6. The molecule has 0 atom stereocenters. The Labute approximate surface area is 143 Å². The molecule has 0 aliphatic heterocycles. The topological polar surface area (TPSA) is 47.6 Å². The summed E-state index contributed by atoms with van der Waals surface area (Å²) in [6.07, 6.45) is 1.11. The number of amides is 1. The van der Waals surface area contributed by atoms with Crippen molar-refractivity contribution in [1.82, 2.24) is 0 Å². The van der Waals surface area contributed by atoms with Crippen molar-refractivity contribution in [2.75, 3.05) is 18.5 Å². The van der Waals surface area contributed by atoms with E-state index in [0.717, 1.165) is 22.7 Å². The molecule has 2 rings (SSSR count). The summed E-state index contributed by atoms with van der Waals surface area (Å²) < 4.78 is 11.1. The quantitative estimate of drug-likeness (QED) is 0.726. The molecule has 4 heteroatoms. The Morgan fingerprint density at radius 2 is 1.79 bits per heavy atom. The van der Waals surface area contributed by atoms with Crippen LogP contribution in [0.2, 0.25) is 0 Å². The number of anilines is 1. The molecule has 128 valence electrons. The summed E-state index contributed by atoms with van der Waals surface area (Å²) >= 11 is 0. The molecule has 0 aliphatic rings. The maximum Gasteiger partial charge on any atom is 0.224 e. The van der Waals surface area contributed by atoms with Crippen molar-refractivity contribution >= 4 is 11.6 Å². The van der Waals surface area contributed by atoms with Crippen molar-refractivity contribution in [2.24, 2.45) is 0 Å². The first-order chi connectivity index (χ1) is 11.6. The summed E-state index contributed by atoms with van der Waals surface area (Å²) in [6.45, 7) is 7.21. The van der Waals surface area contributed by atoms with Crippen LogP contribution in [-0.2, 0) is 4.79 Å². The molecule has 4 nitrogen and oxygen atoms in total. The summed E-state index contributed by atoms with van der Waals surface area (Å²) in [4.78, 5) is 12.0. The molecule has 24 heavy (non-hydrogen) atoms. The lowest BCUT2D eigenvalue weighted by Crippen LogP contribution is -2.13. The first-order valence-electron chi connectivity index (χ1n) is 8.32. The largest absolute Gasteiger partial charge is 0.494 e. The zero-order valence-electron chi connectivity index (χ0n) is 14.6. The summed E-state index contributed by atoms with van der Waals surface area (Å²) in [7, 11) is 0. The number of carbonyl (C=O) groups is 1. The molecule has 0 radical (unpaired) electrons. The Kier molecular flexibility index (Phi) is 6.67. The summed E-state index contributed by atoms with van der Waals surface area (Å²) in [5, 5.41) is 2.88. The molecular formula is C20H25NO3. The highest BCUT2D eigenvalue weighted by molar-refractivity contribution is 5.90. The van der Waals surface area contributed by atoms with Gasteiger partial charge in [0.25, 0.3) is 0 Å². The lowest BCUT2D eigenvalue weighted by molar-refractivity contribution is -0.116. The first kappa shape index (κ1) is 17.9. The van der Waals surface area contributed by atoms with Crippen molar-refractivity contribution in [3.05, 3.63) is 53.6 Å². The lowest BCUT2D eigenvalue weighted by Gasteiger charge is -2.11. The van der Waals surface area contributed by atoms with Gasteiger partial charge < -0.3 is 14.8 Å². The third kappa shape index (κ3) is 5.30. The fourth-order valence-corrected chi connectivity index (χ4v) is 2.32. The van der Waals surface area contributed by atoms with Crippen LogP contribution in [0.3, 0.4) is 0 Å². The van der Waals surface area contributed by atoms with E-state index in [0.29, 0.717) is 26.1 Å². The number of nitrogens with one attached hydrogen (secondary N) is 1. The van der Waals surface area contributed by atoms with Crippen molar-refractivity contribution in [3.63, 3.8) is 0 Å². The predicted octanol–water partition coefficient (Wildman–Crippen LogP) is 4.50. The van der Waals surface area contributed by atoms with Gasteiger partial charge in [0, 0.05) is 12.1 Å². The molecule has 0 heterocycles. The SMILES string of the molecule is CCOc1ccc(NC(=O)CCCOc2cccc(C)c2C)cc1. The van der Waals surface area contributed by atoms with Gasteiger partial charge >= 0.3 is 0 Å². The van der Waals surface area contributed by atoms with Gasteiger partial charge in [0.05, 0.1) is 13.2 Å². The minimum Gasteiger partial charge on any atom is -0.494 e. The third-order valence-corrected chi connectivity index (χ3v) is 3.81. The second kappa shape index (κ2) is 8.96. The second-order valence-electron chi connectivity index (χ2n) is 5.66. The molecule has 0 saturated carbocycles. The van der Waals surface area contributed by atoms with Crippen LogP contribution in [0, 0.1) is 13.8 Å². The van der Waals surface area contributed by atoms with Crippen molar-refractivity contribution in [1.29, 1.82) is 0 Å². The average Bonchev–Trinajstić information content (AvgIpc) is 2.57. The molecule has 0 bridgehead atoms. The molecule has 0 aliphatic carbocycles. The minimum atomic E-state index is -0.0104. The van der Waals surface area contributed by atoms with Crippen LogP contribution >= 0.6 is 0 Å². The molecule has 1 N–H and O–H groups in total. The number of hydrogen-bond acceptors (Lipinski definition) is 3. The number of benzene rings is 2. The Hall–Kier alpha value is -2.49. The summed E-state index contributed by atoms with van der Waals surface area (Å²) in [6, 6.07) is 13.4. The van der Waals surface area contributed by atoms with Gasteiger partial charge in [0.2, 0.25) is 5.91 Å². The first-order valence-corrected chi connectivity index (χ1v) is 8.32. The molecule has 1 amide bonds. The van der Waals surface area contributed by atoms with E-state index >= 15 is 0 Å². The summed E-state index contributed by atoms with van der Waals surface area (Å²) in [5.74, 6) is 1.68. The molecule has 0 saturated heterocycles. The monoisotopic (exact) mass is 327 g/mol. The van der Waals surface area contributed by atoms with E-state index in [-0.39, 0.29) is 5.91 Å². The van der Waals surface area contributed by atoms with E-state index in [1.165, 1.54) is 5.56 Å². The van der Waals surface area contributed by atoms with Gasteiger partial charge in [-0.2, -0.15) is 0 Å². The number of hydrogen-bond donors (Lipinski definition) is 1. The second-order valence-corrected chi connectivity index (χ2v) is 5.66. The Bertz CT molecular complexity index is 665. The highest BCUT2D eigenvalue weighted by Gasteiger charge is 2.05. The molecule has 0 aromatic heterocycles. The van der Waals surface area contributed by atoms with Crippen LogP contribution in [0.4, 0.5) is 5.69 Å². The molecule has 0 unspecified atom stereocenters. The number of ether oxygens (including phenoxy) is 2. The van der Waals surface area contributed by atoms with Crippen LogP contribution < -0.4 is 14.8 Å². The van der Waals surface area contributed by atoms with E-state index in [1.54, 1.807) is 0 Å². The Balaban J connectivity index is 1.72. The van der Waals surface area contributed by atoms with Gasteiger partial charge in [-0.15, -0.1) is 0 Å². The van der Waals surface area contributed by atoms with Crippen LogP contribution in [-0.4, -0.2) is 19.1 Å². The van der Waals surface area contributed by atoms with Crippen LogP contribution in [0.15, 0.2) is 42.5 Å². The van der Waals surface area contributed by atoms with Crippen LogP contribution in [0.25, 0.3) is 0 Å². The highest BCUT2D eigenvalue weighted by atomic mass is 16.5. The standard InChI is InChI=1S/C20H25NO3/c1-4-23-18-12-10-17(11-13-18)21-20(22)9-6-14-24-19-8-5-7-15(2)16(19)3/h5,7-8,10-13H,4,6,9,14H2,1-3H3,(H,21,22). The van der Waals surface area contributed by atoms with Crippen molar-refractivity contribution in [3.8, 4) is 11.5 Å². The lowest BCUT2D eigenvalue weighted by atomic mass is 10.1. The fraction of sp³-hybridized carbons (Fsp3) is 0.350. The molecule has 0 spiro atoms. The molecule has 0 fully saturated rings. The van der Waals surface area contributed by atoms with Gasteiger partial charge in [0.15, 0.2) is 0 Å². The maximum absolute atomic E-state index is 12.0. The number of rotatable bonds is 8. The molecular weight excluding hydrogens is 302 g/mol. The predicted molar refractivity (Wildman–Crippen MR) is 96.9 cm³/mol. The fourth-order valence-electron chi connectivity index (χ4n) is 2.32. The van der Waals surface area contributed by atoms with Gasteiger partial charge in [-0.05, 0) is 68.7 Å². The smallest absolute Gasteiger partial charge is 0.224 e. The average molecular weight is 327 g/mol. The third-order valence-electron chi connectivity index (χ3n) is 3.81. The number of carbonyl (C=O) groups excluding carboxylic acids is 1. The van der Waals surface area contributed by atoms with E-state index in [9.17, 15) is 4.79 Å². The van der Waals surface area contributed by atoms with Gasteiger partial charge in [-0.1, -0.05) is 12.1 Å². The van der Waals surface area contributed by atoms with Gasteiger partial charge in [-0.3, -0.25) is 4.79 Å². The Morgan fingerprint density at radius 3 is 2.50 bits per heavy atom. The van der Waals surface area contributed by atoms with Crippen LogP contribution in [0.5, 0.6) is 11.5 Å². The van der Waals surface area contributed by atoms with Crippen molar-refractivity contribution in [2.45, 2.75) is 33.6 Å². The van der Waals surface area contributed by atoms with Gasteiger partial charge in [-0.25, -0.2) is 0 Å². The van der Waals surface area contributed by atoms with E-state index in [1.807, 2.05) is 50.2 Å². The van der Waals surface area contributed by atoms with E-state index in [2.05, 4.69) is 18.3 Å². The normalized spacial score (nSPS) is 10.3. The molecule has 2 aromatic rings. The van der Waals surface area contributed by atoms with Crippen molar-refractivity contribution < 1.29 is 14.3 Å². The van der Waals surface area contributed by atoms with E-state index in [4.69, 9.17) is 9.47 Å². The van der Waals surface area contributed by atoms with E-state index < -0.39 is 0 Å². The highest BCUT2D eigenvalue weighted by Crippen LogP contribution is 2.21. The van der Waals surface area contributed by atoms with Crippen LogP contribution in [0.1, 0.15) is 30.9 Å². The zero-order chi connectivity index (χ0) is 17.4. The summed E-state index contributed by atoms with van der Waals surface area (Å²) in [5.41, 5.74) is 3.14. The Morgan fingerprint density at radius 1 is 1.04 bits per heavy atom. The maximum atomic E-state index is 12.0. The minimum absolute atomic E-state index is 0.0104. The molecule has 2 aromatic carbocycles. The van der Waals surface area contributed by atoms with Gasteiger partial charge in [0.1, 0.15) is 11.5 Å².